The number of nitrogens with one attached hydrogen (secondary N) is 1. The van der Waals surface area contributed by atoms with Crippen molar-refractivity contribution < 1.29 is 9.53 Å². The first-order valence-corrected chi connectivity index (χ1v) is 9.16. The van der Waals surface area contributed by atoms with Crippen LogP contribution in [0.3, 0.4) is 0 Å². The van der Waals surface area contributed by atoms with Gasteiger partial charge in [-0.1, -0.05) is 27.2 Å². The molecular formula is C19H38N2O2. The summed E-state index contributed by atoms with van der Waals surface area (Å²) in [5.74, 6) is 0.832. The highest BCUT2D eigenvalue weighted by Gasteiger charge is 2.27. The van der Waals surface area contributed by atoms with Gasteiger partial charge in [0.15, 0.2) is 0 Å². The van der Waals surface area contributed by atoms with Gasteiger partial charge in [0.2, 0.25) is 0 Å². The number of hydrogen-bond donors (Lipinski definition) is 1. The highest BCUT2D eigenvalue weighted by Crippen LogP contribution is 2.36. The van der Waals surface area contributed by atoms with Crippen LogP contribution in [0.5, 0.6) is 0 Å². The maximum atomic E-state index is 11.9. The normalized spacial score (nSPS) is 23.3. The molecule has 1 aliphatic rings. The van der Waals surface area contributed by atoms with Crippen molar-refractivity contribution in [3.8, 4) is 0 Å². The summed E-state index contributed by atoms with van der Waals surface area (Å²) in [5, 5.41) is 3.63. The van der Waals surface area contributed by atoms with Gasteiger partial charge in [-0.25, -0.2) is 4.79 Å². The molecule has 4 nitrogen and oxygen atoms in total. The number of hydrogen-bond acceptors (Lipinski definition) is 3. The maximum absolute atomic E-state index is 11.9. The number of ether oxygens (including phenoxy) is 1. The topological polar surface area (TPSA) is 41.6 Å². The molecule has 4 heteroatoms. The third-order valence-corrected chi connectivity index (χ3v) is 4.78. The molecule has 2 unspecified atom stereocenters. The van der Waals surface area contributed by atoms with E-state index >= 15 is 0 Å². The lowest BCUT2D eigenvalue weighted by molar-refractivity contribution is 0.0299. The smallest absolute Gasteiger partial charge is 0.410 e. The Hall–Kier alpha value is -0.770. The third kappa shape index (κ3) is 8.05. The van der Waals surface area contributed by atoms with Gasteiger partial charge in [0.1, 0.15) is 5.60 Å². The average molecular weight is 327 g/mol. The van der Waals surface area contributed by atoms with E-state index in [2.05, 4.69) is 26.1 Å². The minimum Gasteiger partial charge on any atom is -0.444 e. The van der Waals surface area contributed by atoms with Crippen LogP contribution < -0.4 is 5.32 Å². The number of amides is 1. The molecule has 2 atom stereocenters. The van der Waals surface area contributed by atoms with Crippen LogP contribution in [0, 0.1) is 11.3 Å². The van der Waals surface area contributed by atoms with E-state index in [1.165, 1.54) is 32.1 Å². The van der Waals surface area contributed by atoms with Crippen molar-refractivity contribution in [2.24, 2.45) is 11.3 Å². The summed E-state index contributed by atoms with van der Waals surface area (Å²) in [4.78, 5) is 13.6. The molecular weight excluding hydrogens is 288 g/mol. The second-order valence-corrected chi connectivity index (χ2v) is 9.12. The quantitative estimate of drug-likeness (QED) is 0.777. The van der Waals surface area contributed by atoms with Gasteiger partial charge in [-0.3, -0.25) is 0 Å². The van der Waals surface area contributed by atoms with E-state index < -0.39 is 5.60 Å². The van der Waals surface area contributed by atoms with Crippen LogP contribution in [-0.4, -0.2) is 42.8 Å². The van der Waals surface area contributed by atoms with Crippen molar-refractivity contribution in [3.05, 3.63) is 0 Å². The van der Waals surface area contributed by atoms with Crippen molar-refractivity contribution in [2.75, 3.05) is 20.1 Å². The number of carbonyl (C=O) groups is 1. The maximum Gasteiger partial charge on any atom is 0.410 e. The van der Waals surface area contributed by atoms with Gasteiger partial charge in [-0.15, -0.1) is 0 Å². The number of nitrogens with zero attached hydrogens (tertiary/aromatic N) is 1. The first kappa shape index (κ1) is 20.3. The third-order valence-electron chi connectivity index (χ3n) is 4.78. The van der Waals surface area contributed by atoms with Gasteiger partial charge in [0, 0.05) is 26.2 Å². The van der Waals surface area contributed by atoms with Crippen LogP contribution in [0.2, 0.25) is 0 Å². The van der Waals surface area contributed by atoms with Crippen LogP contribution in [0.25, 0.3) is 0 Å². The second-order valence-electron chi connectivity index (χ2n) is 9.12. The first-order valence-electron chi connectivity index (χ1n) is 9.16. The molecule has 1 N–H and O–H groups in total. The molecule has 23 heavy (non-hydrogen) atoms. The zero-order chi connectivity index (χ0) is 17.7. The van der Waals surface area contributed by atoms with Gasteiger partial charge in [0.25, 0.3) is 0 Å². The van der Waals surface area contributed by atoms with Gasteiger partial charge in [-0.2, -0.15) is 0 Å². The van der Waals surface area contributed by atoms with Crippen LogP contribution in [-0.2, 0) is 4.74 Å². The summed E-state index contributed by atoms with van der Waals surface area (Å²) in [6.45, 7) is 14.3. The molecule has 0 bridgehead atoms. The van der Waals surface area contributed by atoms with E-state index in [4.69, 9.17) is 4.74 Å². The number of carbonyl (C=O) groups excluding carboxylic acids is 1. The molecule has 0 aromatic heterocycles. The first-order chi connectivity index (χ1) is 10.5. The Kier molecular flexibility index (Phi) is 7.37. The molecule has 1 rings (SSSR count). The van der Waals surface area contributed by atoms with E-state index in [0.717, 1.165) is 12.5 Å². The van der Waals surface area contributed by atoms with Crippen molar-refractivity contribution >= 4 is 6.09 Å². The Morgan fingerprint density at radius 3 is 2.30 bits per heavy atom. The fourth-order valence-electron chi connectivity index (χ4n) is 3.24. The SMILES string of the molecule is CN(CCNC1CCCC(C(C)(C)C)CC1)C(=O)OC(C)(C)C. The highest BCUT2D eigenvalue weighted by molar-refractivity contribution is 5.67. The predicted molar refractivity (Wildman–Crippen MR) is 96.7 cm³/mol. The predicted octanol–water partition coefficient (Wildman–Crippen LogP) is 4.44. The Bertz CT molecular complexity index is 369. The summed E-state index contributed by atoms with van der Waals surface area (Å²) in [5.41, 5.74) is -0.00610. The molecule has 0 spiro atoms. The molecule has 1 fully saturated rings. The summed E-state index contributed by atoms with van der Waals surface area (Å²) >= 11 is 0. The van der Waals surface area contributed by atoms with Gasteiger partial charge < -0.3 is 15.0 Å². The van der Waals surface area contributed by atoms with Crippen LogP contribution in [0.4, 0.5) is 4.79 Å². The molecule has 1 amide bonds. The largest absolute Gasteiger partial charge is 0.444 e. The Balaban J connectivity index is 2.29. The minimum absolute atomic E-state index is 0.243. The molecule has 1 aliphatic carbocycles. The summed E-state index contributed by atoms with van der Waals surface area (Å²) in [6, 6.07) is 0.592. The summed E-state index contributed by atoms with van der Waals surface area (Å²) in [6.07, 6.45) is 6.22. The summed E-state index contributed by atoms with van der Waals surface area (Å²) < 4.78 is 5.37. The lowest BCUT2D eigenvalue weighted by atomic mass is 9.76. The number of likely N-dealkylation sites (N-methyl/N-ethyl adjacent to an activating group) is 1. The van der Waals surface area contributed by atoms with Crippen LogP contribution in [0.1, 0.15) is 73.6 Å². The molecule has 0 heterocycles. The van der Waals surface area contributed by atoms with E-state index in [0.29, 0.717) is 18.0 Å². The lowest BCUT2D eigenvalue weighted by Crippen LogP contribution is -2.40. The lowest BCUT2D eigenvalue weighted by Gasteiger charge is -2.29. The highest BCUT2D eigenvalue weighted by atomic mass is 16.6. The second kappa shape index (κ2) is 8.36. The van der Waals surface area contributed by atoms with Crippen molar-refractivity contribution in [1.29, 1.82) is 0 Å². The fraction of sp³-hybridized carbons (Fsp3) is 0.947. The fourth-order valence-corrected chi connectivity index (χ4v) is 3.24. The van der Waals surface area contributed by atoms with E-state index in [-0.39, 0.29) is 6.09 Å². The zero-order valence-corrected chi connectivity index (χ0v) is 16.4. The van der Waals surface area contributed by atoms with E-state index in [9.17, 15) is 4.79 Å². The Labute approximate surface area is 143 Å². The van der Waals surface area contributed by atoms with Crippen LogP contribution in [0.15, 0.2) is 0 Å². The van der Waals surface area contributed by atoms with Gasteiger partial charge >= 0.3 is 6.09 Å². The molecule has 136 valence electrons. The summed E-state index contributed by atoms with van der Waals surface area (Å²) in [7, 11) is 1.80. The molecule has 0 aliphatic heterocycles. The molecule has 0 radical (unpaired) electrons. The number of rotatable bonds is 4. The standard InChI is InChI=1S/C19H38N2O2/c1-18(2,3)15-9-8-10-16(12-11-15)20-13-14-21(7)17(22)23-19(4,5)6/h15-16,20H,8-14H2,1-7H3. The zero-order valence-electron chi connectivity index (χ0n) is 16.4. The van der Waals surface area contributed by atoms with Crippen molar-refractivity contribution in [2.45, 2.75) is 85.3 Å². The molecule has 0 aromatic rings. The molecule has 0 saturated heterocycles. The van der Waals surface area contributed by atoms with E-state index in [1.807, 2.05) is 20.8 Å². The van der Waals surface area contributed by atoms with Gasteiger partial charge in [0.05, 0.1) is 0 Å². The Morgan fingerprint density at radius 1 is 1.09 bits per heavy atom. The average Bonchev–Trinajstić information content (AvgIpc) is 2.61. The Morgan fingerprint density at radius 2 is 1.74 bits per heavy atom. The van der Waals surface area contributed by atoms with Gasteiger partial charge in [-0.05, 0) is 57.8 Å². The van der Waals surface area contributed by atoms with Crippen molar-refractivity contribution in [3.63, 3.8) is 0 Å². The minimum atomic E-state index is -0.429. The molecule has 1 saturated carbocycles. The molecule has 0 aromatic carbocycles. The van der Waals surface area contributed by atoms with E-state index in [1.54, 1.807) is 11.9 Å². The van der Waals surface area contributed by atoms with Crippen molar-refractivity contribution in [1.82, 2.24) is 10.2 Å². The van der Waals surface area contributed by atoms with Crippen LogP contribution >= 0.6 is 0 Å². The monoisotopic (exact) mass is 326 g/mol.